The van der Waals surface area contributed by atoms with Gasteiger partial charge in [0.05, 0.1) is 6.33 Å². The zero-order valence-electron chi connectivity index (χ0n) is 15.7. The van der Waals surface area contributed by atoms with Crippen molar-refractivity contribution in [2.24, 2.45) is 7.05 Å². The summed E-state index contributed by atoms with van der Waals surface area (Å²) in [6.45, 7) is 0.599. The number of rotatable bonds is 5. The molecule has 4 rings (SSSR count). The van der Waals surface area contributed by atoms with Crippen LogP contribution >= 0.6 is 23.2 Å². The number of aromatic nitrogens is 2. The fourth-order valence-corrected chi connectivity index (χ4v) is 5.57. The first-order chi connectivity index (χ1) is 13.8. The van der Waals surface area contributed by atoms with Crippen molar-refractivity contribution in [2.45, 2.75) is 17.0 Å². The molecule has 0 radical (unpaired) electrons. The number of hydrogen-bond acceptors (Lipinski definition) is 4. The van der Waals surface area contributed by atoms with Crippen molar-refractivity contribution in [1.29, 1.82) is 0 Å². The van der Waals surface area contributed by atoms with Gasteiger partial charge in [0.25, 0.3) is 10.0 Å². The average molecular weight is 451 g/mol. The monoisotopic (exact) mass is 450 g/mol. The Balaban J connectivity index is 1.68. The Bertz CT molecular complexity index is 1130. The molecule has 2 aromatic carbocycles. The van der Waals surface area contributed by atoms with Gasteiger partial charge in [0.1, 0.15) is 0 Å². The van der Waals surface area contributed by atoms with Crippen molar-refractivity contribution in [3.8, 4) is 0 Å². The van der Waals surface area contributed by atoms with E-state index in [1.807, 2.05) is 42.5 Å². The van der Waals surface area contributed by atoms with Gasteiger partial charge >= 0.3 is 0 Å². The highest BCUT2D eigenvalue weighted by Crippen LogP contribution is 2.36. The van der Waals surface area contributed by atoms with Crippen LogP contribution in [-0.2, 0) is 17.1 Å². The molecular formula is C20H20Cl2N4O2S. The minimum atomic E-state index is -3.71. The average Bonchev–Trinajstić information content (AvgIpc) is 3.30. The SMILES string of the molecule is Cn1cnc(S(=O)(=O)N2C[C@H](Nc3cccc(Cl)c3)[C@@H](c3ccccc3Cl)C2)c1. The molecule has 1 aliphatic rings. The van der Waals surface area contributed by atoms with Gasteiger partial charge in [0.15, 0.2) is 5.03 Å². The third-order valence-electron chi connectivity index (χ3n) is 5.05. The highest BCUT2D eigenvalue weighted by atomic mass is 35.5. The molecule has 1 fully saturated rings. The summed E-state index contributed by atoms with van der Waals surface area (Å²) >= 11 is 12.6. The van der Waals surface area contributed by atoms with Crippen molar-refractivity contribution in [3.05, 3.63) is 76.7 Å². The minimum Gasteiger partial charge on any atom is -0.380 e. The molecule has 2 atom stereocenters. The van der Waals surface area contributed by atoms with Gasteiger partial charge in [-0.2, -0.15) is 4.31 Å². The van der Waals surface area contributed by atoms with E-state index in [-0.39, 0.29) is 17.0 Å². The Hall–Kier alpha value is -2.06. The van der Waals surface area contributed by atoms with E-state index in [2.05, 4.69) is 10.3 Å². The molecule has 1 aromatic heterocycles. The van der Waals surface area contributed by atoms with Gasteiger partial charge in [0.2, 0.25) is 0 Å². The molecule has 6 nitrogen and oxygen atoms in total. The molecule has 152 valence electrons. The molecule has 0 spiro atoms. The maximum Gasteiger partial charge on any atom is 0.262 e. The van der Waals surface area contributed by atoms with Gasteiger partial charge in [-0.3, -0.25) is 0 Å². The summed E-state index contributed by atoms with van der Waals surface area (Å²) in [5, 5.41) is 4.71. The Morgan fingerprint density at radius 2 is 1.90 bits per heavy atom. The molecular weight excluding hydrogens is 431 g/mol. The molecule has 1 N–H and O–H groups in total. The summed E-state index contributed by atoms with van der Waals surface area (Å²) in [6.07, 6.45) is 2.99. The second kappa shape index (κ2) is 7.99. The number of hydrogen-bond donors (Lipinski definition) is 1. The Morgan fingerprint density at radius 1 is 1.10 bits per heavy atom. The van der Waals surface area contributed by atoms with Crippen molar-refractivity contribution in [1.82, 2.24) is 13.9 Å². The van der Waals surface area contributed by atoms with E-state index in [1.54, 1.807) is 17.7 Å². The van der Waals surface area contributed by atoms with Crippen LogP contribution in [0.15, 0.2) is 66.1 Å². The largest absolute Gasteiger partial charge is 0.380 e. The fraction of sp³-hybridized carbons (Fsp3) is 0.250. The Labute approximate surface area is 180 Å². The highest BCUT2D eigenvalue weighted by molar-refractivity contribution is 7.89. The van der Waals surface area contributed by atoms with E-state index in [0.29, 0.717) is 23.1 Å². The van der Waals surface area contributed by atoms with Crippen molar-refractivity contribution in [3.63, 3.8) is 0 Å². The van der Waals surface area contributed by atoms with Crippen LogP contribution in [0.4, 0.5) is 5.69 Å². The summed E-state index contributed by atoms with van der Waals surface area (Å²) in [5.74, 6) is -0.124. The summed E-state index contributed by atoms with van der Waals surface area (Å²) < 4.78 is 29.3. The van der Waals surface area contributed by atoms with Crippen molar-refractivity contribution >= 4 is 38.9 Å². The number of halogens is 2. The van der Waals surface area contributed by atoms with Gasteiger partial charge in [-0.15, -0.1) is 0 Å². The summed E-state index contributed by atoms with van der Waals surface area (Å²) in [4.78, 5) is 4.04. The van der Waals surface area contributed by atoms with E-state index in [9.17, 15) is 8.42 Å². The summed E-state index contributed by atoms with van der Waals surface area (Å²) in [5.41, 5.74) is 1.74. The van der Waals surface area contributed by atoms with Crippen LogP contribution in [0.5, 0.6) is 0 Å². The molecule has 1 aliphatic heterocycles. The number of nitrogens with zero attached hydrogens (tertiary/aromatic N) is 3. The lowest BCUT2D eigenvalue weighted by Crippen LogP contribution is -2.32. The quantitative estimate of drug-likeness (QED) is 0.637. The van der Waals surface area contributed by atoms with Crippen LogP contribution in [0.2, 0.25) is 10.0 Å². The smallest absolute Gasteiger partial charge is 0.262 e. The van der Waals surface area contributed by atoms with E-state index in [4.69, 9.17) is 23.2 Å². The van der Waals surface area contributed by atoms with Crippen LogP contribution in [0.3, 0.4) is 0 Å². The zero-order chi connectivity index (χ0) is 20.6. The first-order valence-electron chi connectivity index (χ1n) is 9.09. The lowest BCUT2D eigenvalue weighted by Gasteiger charge is -2.22. The van der Waals surface area contributed by atoms with E-state index in [0.717, 1.165) is 11.3 Å². The van der Waals surface area contributed by atoms with Crippen LogP contribution < -0.4 is 5.32 Å². The van der Waals surface area contributed by atoms with Gasteiger partial charge in [0, 0.05) is 54.0 Å². The maximum absolute atomic E-state index is 13.1. The van der Waals surface area contributed by atoms with Crippen LogP contribution in [-0.4, -0.2) is 41.4 Å². The third kappa shape index (κ3) is 4.14. The van der Waals surface area contributed by atoms with Crippen LogP contribution in [0.1, 0.15) is 11.5 Å². The van der Waals surface area contributed by atoms with Crippen molar-refractivity contribution < 1.29 is 8.42 Å². The van der Waals surface area contributed by atoms with E-state index >= 15 is 0 Å². The van der Waals surface area contributed by atoms with Gasteiger partial charge in [-0.25, -0.2) is 13.4 Å². The van der Waals surface area contributed by atoms with Gasteiger partial charge < -0.3 is 9.88 Å². The number of sulfonamides is 1. The highest BCUT2D eigenvalue weighted by Gasteiger charge is 2.41. The summed E-state index contributed by atoms with van der Waals surface area (Å²) in [7, 11) is -1.97. The number of nitrogens with one attached hydrogen (secondary N) is 1. The molecule has 0 aliphatic carbocycles. The van der Waals surface area contributed by atoms with Gasteiger partial charge in [-0.05, 0) is 29.8 Å². The zero-order valence-corrected chi connectivity index (χ0v) is 18.0. The molecule has 0 unspecified atom stereocenters. The second-order valence-corrected chi connectivity index (χ2v) is 9.82. The number of anilines is 1. The van der Waals surface area contributed by atoms with Crippen molar-refractivity contribution in [2.75, 3.05) is 18.4 Å². The normalized spacial score (nSPS) is 20.1. The Morgan fingerprint density at radius 3 is 2.59 bits per heavy atom. The maximum atomic E-state index is 13.1. The molecule has 1 saturated heterocycles. The first kappa shape index (κ1) is 20.2. The second-order valence-electron chi connectivity index (χ2n) is 7.09. The molecule has 2 heterocycles. The van der Waals surface area contributed by atoms with Crippen LogP contribution in [0, 0.1) is 0 Å². The number of benzene rings is 2. The molecule has 0 saturated carbocycles. The molecule has 3 aromatic rings. The summed E-state index contributed by atoms with van der Waals surface area (Å²) in [6, 6.07) is 14.7. The molecule has 0 bridgehead atoms. The van der Waals surface area contributed by atoms with Crippen LogP contribution in [0.25, 0.3) is 0 Å². The first-order valence-corrected chi connectivity index (χ1v) is 11.3. The lowest BCUT2D eigenvalue weighted by molar-refractivity contribution is 0.468. The number of imidazole rings is 1. The molecule has 9 heteroatoms. The lowest BCUT2D eigenvalue weighted by atomic mass is 9.94. The topological polar surface area (TPSA) is 67.2 Å². The minimum absolute atomic E-state index is 0.0429. The molecule has 29 heavy (non-hydrogen) atoms. The van der Waals surface area contributed by atoms with Gasteiger partial charge in [-0.1, -0.05) is 47.5 Å². The molecule has 0 amide bonds. The predicted molar refractivity (Wildman–Crippen MR) is 115 cm³/mol. The standard InChI is InChI=1S/C20H20Cl2N4O2S/c1-25-12-20(23-13-25)29(27,28)26-10-17(16-7-2-3-8-18(16)22)19(11-26)24-15-6-4-5-14(21)9-15/h2-9,12-13,17,19,24H,10-11H2,1H3/t17-,19+/m1/s1. The van der Waals surface area contributed by atoms with E-state index in [1.165, 1.54) is 16.8 Å². The predicted octanol–water partition coefficient (Wildman–Crippen LogP) is 4.00. The third-order valence-corrected chi connectivity index (χ3v) is 7.35. The Kier molecular flexibility index (Phi) is 5.57. The van der Waals surface area contributed by atoms with E-state index < -0.39 is 10.0 Å². The fourth-order valence-electron chi connectivity index (χ4n) is 3.65. The number of aryl methyl sites for hydroxylation is 1.